The minimum atomic E-state index is -0.263. The highest BCUT2D eigenvalue weighted by molar-refractivity contribution is 6.00. The average Bonchev–Trinajstić information content (AvgIpc) is 2.95. The fourth-order valence-corrected chi connectivity index (χ4v) is 2.59. The number of hydrogen-bond donors (Lipinski definition) is 1. The molecule has 1 N–H and O–H groups in total. The summed E-state index contributed by atoms with van der Waals surface area (Å²) in [4.78, 5) is 15.9. The quantitative estimate of drug-likeness (QED) is 0.589. The first-order valence-electron chi connectivity index (χ1n) is 8.10. The third-order valence-corrected chi connectivity index (χ3v) is 3.97. The van der Waals surface area contributed by atoms with Crippen LogP contribution in [-0.2, 0) is 18.3 Å². The Morgan fingerprint density at radius 2 is 2.08 bits per heavy atom. The van der Waals surface area contributed by atoms with Crippen molar-refractivity contribution in [1.29, 1.82) is 0 Å². The number of carbonyl (C=O) groups is 1. The van der Waals surface area contributed by atoms with Crippen LogP contribution >= 0.6 is 0 Å². The fraction of sp³-hybridized carbons (Fsp3) is 0.143. The summed E-state index contributed by atoms with van der Waals surface area (Å²) in [7, 11) is 1.93. The topological polar surface area (TPSA) is 46.9 Å². The molecule has 0 atom stereocenters. The van der Waals surface area contributed by atoms with Gasteiger partial charge in [-0.25, -0.2) is 4.98 Å². The van der Waals surface area contributed by atoms with Crippen molar-refractivity contribution in [2.24, 2.45) is 7.05 Å². The first-order chi connectivity index (χ1) is 12.1. The Morgan fingerprint density at radius 1 is 1.32 bits per heavy atom. The zero-order valence-corrected chi connectivity index (χ0v) is 14.3. The summed E-state index contributed by atoms with van der Waals surface area (Å²) in [5.74, 6) is 6.14. The van der Waals surface area contributed by atoms with Crippen molar-refractivity contribution < 1.29 is 4.79 Å². The molecule has 3 rings (SSSR count). The average molecular weight is 329 g/mol. The Balaban J connectivity index is 1.98. The normalized spacial score (nSPS) is 10.2. The Bertz CT molecular complexity index is 1000. The molecule has 4 nitrogen and oxygen atoms in total. The van der Waals surface area contributed by atoms with Gasteiger partial charge in [0.25, 0.3) is 0 Å². The molecule has 0 unspecified atom stereocenters. The Labute approximate surface area is 147 Å². The fourth-order valence-electron chi connectivity index (χ4n) is 2.59. The highest BCUT2D eigenvalue weighted by Gasteiger charge is 2.08. The van der Waals surface area contributed by atoms with E-state index in [1.54, 1.807) is 6.20 Å². The summed E-state index contributed by atoms with van der Waals surface area (Å²) in [5.41, 5.74) is 4.58. The molecule has 0 aliphatic heterocycles. The zero-order chi connectivity index (χ0) is 17.8. The number of rotatable bonds is 3. The maximum Gasteiger partial charge on any atom is 0.247 e. The number of nitrogens with zero attached hydrogens (tertiary/aromatic N) is 2. The molecule has 0 bridgehead atoms. The maximum atomic E-state index is 11.5. The lowest BCUT2D eigenvalue weighted by Gasteiger charge is -2.02. The van der Waals surface area contributed by atoms with E-state index in [9.17, 15) is 4.79 Å². The molecular formula is C21H19N3O. The van der Waals surface area contributed by atoms with E-state index in [0.29, 0.717) is 5.69 Å². The van der Waals surface area contributed by atoms with Gasteiger partial charge in [0.2, 0.25) is 5.91 Å². The van der Waals surface area contributed by atoms with Gasteiger partial charge in [-0.3, -0.25) is 4.79 Å². The lowest BCUT2D eigenvalue weighted by Crippen LogP contribution is -2.07. The van der Waals surface area contributed by atoms with Crippen LogP contribution in [0.15, 0.2) is 55.4 Å². The number of aromatic nitrogens is 2. The number of pyridine rings is 1. The largest absolute Gasteiger partial charge is 0.334 e. The van der Waals surface area contributed by atoms with Crippen LogP contribution < -0.4 is 5.32 Å². The van der Waals surface area contributed by atoms with Crippen LogP contribution in [0.25, 0.3) is 11.0 Å². The summed E-state index contributed by atoms with van der Waals surface area (Å²) < 4.78 is 1.93. The number of aryl methyl sites for hydroxylation is 2. The molecule has 4 heteroatoms. The summed E-state index contributed by atoms with van der Waals surface area (Å²) in [6.45, 7) is 5.59. The van der Waals surface area contributed by atoms with Crippen molar-refractivity contribution in [3.8, 4) is 11.8 Å². The van der Waals surface area contributed by atoms with Crippen LogP contribution in [0.2, 0.25) is 0 Å². The smallest absolute Gasteiger partial charge is 0.247 e. The first-order valence-corrected chi connectivity index (χ1v) is 8.10. The number of amides is 1. The minimum Gasteiger partial charge on any atom is -0.334 e. The van der Waals surface area contributed by atoms with Gasteiger partial charge < -0.3 is 9.88 Å². The third kappa shape index (κ3) is 3.61. The van der Waals surface area contributed by atoms with Crippen molar-refractivity contribution in [2.75, 3.05) is 5.32 Å². The second-order valence-electron chi connectivity index (χ2n) is 5.74. The molecule has 0 saturated carbocycles. The van der Waals surface area contributed by atoms with Crippen LogP contribution in [0.5, 0.6) is 0 Å². The molecule has 0 spiro atoms. The predicted molar refractivity (Wildman–Crippen MR) is 101 cm³/mol. The molecule has 0 saturated heterocycles. The number of carbonyl (C=O) groups excluding carboxylic acids is 1. The third-order valence-electron chi connectivity index (χ3n) is 3.97. The van der Waals surface area contributed by atoms with Gasteiger partial charge in [-0.1, -0.05) is 37.5 Å². The predicted octanol–water partition coefficient (Wildman–Crippen LogP) is 3.66. The van der Waals surface area contributed by atoms with Gasteiger partial charge in [0.1, 0.15) is 5.65 Å². The number of hydrogen-bond acceptors (Lipinski definition) is 2. The van der Waals surface area contributed by atoms with Crippen LogP contribution in [0.1, 0.15) is 23.6 Å². The van der Waals surface area contributed by atoms with E-state index in [4.69, 9.17) is 0 Å². The first kappa shape index (κ1) is 16.5. The van der Waals surface area contributed by atoms with Gasteiger partial charge in [0.15, 0.2) is 0 Å². The van der Waals surface area contributed by atoms with Gasteiger partial charge >= 0.3 is 0 Å². The molecule has 0 fully saturated rings. The molecule has 0 radical (unpaired) electrons. The van der Waals surface area contributed by atoms with Crippen molar-refractivity contribution in [3.05, 3.63) is 72.1 Å². The molecule has 2 aromatic heterocycles. The molecule has 2 heterocycles. The van der Waals surface area contributed by atoms with Gasteiger partial charge in [0, 0.05) is 24.2 Å². The summed E-state index contributed by atoms with van der Waals surface area (Å²) >= 11 is 0. The van der Waals surface area contributed by atoms with E-state index in [-0.39, 0.29) is 5.91 Å². The van der Waals surface area contributed by atoms with Crippen LogP contribution in [0.4, 0.5) is 5.69 Å². The van der Waals surface area contributed by atoms with E-state index in [1.165, 1.54) is 11.6 Å². The minimum absolute atomic E-state index is 0.263. The number of fused-ring (bicyclic) bond motifs is 1. The molecular weight excluding hydrogens is 310 g/mol. The van der Waals surface area contributed by atoms with E-state index >= 15 is 0 Å². The Hall–Kier alpha value is -3.32. The number of nitrogens with one attached hydrogen (secondary N) is 1. The van der Waals surface area contributed by atoms with Crippen molar-refractivity contribution >= 4 is 22.6 Å². The Kier molecular flexibility index (Phi) is 4.67. The number of anilines is 1. The van der Waals surface area contributed by atoms with Gasteiger partial charge in [-0.05, 0) is 36.3 Å². The van der Waals surface area contributed by atoms with E-state index in [0.717, 1.165) is 28.6 Å². The van der Waals surface area contributed by atoms with Crippen LogP contribution in [0, 0.1) is 11.8 Å². The molecule has 1 amide bonds. The monoisotopic (exact) mass is 329 g/mol. The molecule has 3 aromatic rings. The van der Waals surface area contributed by atoms with E-state index in [2.05, 4.69) is 47.8 Å². The molecule has 25 heavy (non-hydrogen) atoms. The lowest BCUT2D eigenvalue weighted by molar-refractivity contribution is -0.111. The Morgan fingerprint density at radius 3 is 2.76 bits per heavy atom. The number of benzene rings is 1. The molecule has 0 aliphatic carbocycles. The molecule has 124 valence electrons. The van der Waals surface area contributed by atoms with Crippen LogP contribution in [0.3, 0.4) is 0 Å². The highest BCUT2D eigenvalue weighted by atomic mass is 16.1. The second-order valence-corrected chi connectivity index (χ2v) is 5.74. The summed E-state index contributed by atoms with van der Waals surface area (Å²) in [6, 6.07) is 10.1. The summed E-state index contributed by atoms with van der Waals surface area (Å²) in [6.07, 6.45) is 5.83. The van der Waals surface area contributed by atoms with Gasteiger partial charge in [-0.15, -0.1) is 0 Å². The zero-order valence-electron chi connectivity index (χ0n) is 14.3. The standard InChI is InChI=1S/C21H19N3O/c1-4-15-6-8-16(9-7-15)10-11-17-14-24(3)21-19(17)12-18(13-22-21)23-20(25)5-2/h5-9,12-14H,2,4H2,1,3H3,(H,23,25). The lowest BCUT2D eigenvalue weighted by atomic mass is 10.1. The van der Waals surface area contributed by atoms with E-state index < -0.39 is 0 Å². The SMILES string of the molecule is C=CC(=O)Nc1cnc2c(c1)c(C#Cc1ccc(CC)cc1)cn2C. The summed E-state index contributed by atoms with van der Waals surface area (Å²) in [5, 5.41) is 3.63. The van der Waals surface area contributed by atoms with E-state index in [1.807, 2.05) is 36.0 Å². The second kappa shape index (κ2) is 7.06. The molecule has 1 aromatic carbocycles. The van der Waals surface area contributed by atoms with Gasteiger partial charge in [0.05, 0.1) is 17.4 Å². The maximum absolute atomic E-state index is 11.5. The van der Waals surface area contributed by atoms with Crippen molar-refractivity contribution in [2.45, 2.75) is 13.3 Å². The van der Waals surface area contributed by atoms with Gasteiger partial charge in [-0.2, -0.15) is 0 Å². The van der Waals surface area contributed by atoms with Crippen molar-refractivity contribution in [1.82, 2.24) is 9.55 Å². The molecule has 0 aliphatic rings. The van der Waals surface area contributed by atoms with Crippen LogP contribution in [-0.4, -0.2) is 15.5 Å². The highest BCUT2D eigenvalue weighted by Crippen LogP contribution is 2.21. The van der Waals surface area contributed by atoms with Crippen molar-refractivity contribution in [3.63, 3.8) is 0 Å².